The molecule has 0 unspecified atom stereocenters. The Kier molecular flexibility index (Phi) is 8.18. The van der Waals surface area contributed by atoms with Crippen LogP contribution in [0.2, 0.25) is 0 Å². The summed E-state index contributed by atoms with van der Waals surface area (Å²) in [5.41, 5.74) is 0.974. The molecular formula is C33H35F4N3O2. The Balaban J connectivity index is 1.49. The maximum atomic E-state index is 14.9. The quantitative estimate of drug-likeness (QED) is 0.289. The number of benzene rings is 3. The minimum absolute atomic E-state index is 0.00642. The van der Waals surface area contributed by atoms with Crippen LogP contribution in [0.25, 0.3) is 0 Å². The zero-order valence-corrected chi connectivity index (χ0v) is 23.7. The molecule has 2 fully saturated rings. The highest BCUT2D eigenvalue weighted by atomic mass is 19.4. The summed E-state index contributed by atoms with van der Waals surface area (Å²) < 4.78 is 64.2. The Bertz CT molecular complexity index is 1480. The highest BCUT2D eigenvalue weighted by Gasteiger charge is 2.41. The zero-order valence-electron chi connectivity index (χ0n) is 24.7. The third kappa shape index (κ3) is 6.30. The van der Waals surface area contributed by atoms with Crippen molar-refractivity contribution in [2.24, 2.45) is 5.92 Å². The molecule has 1 saturated heterocycles. The van der Waals surface area contributed by atoms with Gasteiger partial charge in [-0.1, -0.05) is 43.2 Å². The largest absolute Gasteiger partial charge is 0.416 e. The number of piperidine rings is 1. The van der Waals surface area contributed by atoms with Crippen molar-refractivity contribution in [1.29, 1.82) is 0 Å². The maximum Gasteiger partial charge on any atom is 0.416 e. The fourth-order valence-corrected chi connectivity index (χ4v) is 6.09. The number of rotatable bonds is 6. The lowest BCUT2D eigenvalue weighted by atomic mass is 9.83. The molecule has 9 heteroatoms. The molecular weight excluding hydrogens is 546 g/mol. The smallest absolute Gasteiger partial charge is 0.382 e. The lowest BCUT2D eigenvalue weighted by Crippen LogP contribution is -2.46. The normalized spacial score (nSPS) is 20.6. The van der Waals surface area contributed by atoms with E-state index in [1.165, 1.54) is 36.1 Å². The predicted octanol–water partition coefficient (Wildman–Crippen LogP) is 8.05. The number of alkyl halides is 3. The molecule has 2 N–H and O–H groups in total. The van der Waals surface area contributed by atoms with Gasteiger partial charge >= 0.3 is 6.18 Å². The second-order valence-corrected chi connectivity index (χ2v) is 11.2. The molecule has 0 radical (unpaired) electrons. The summed E-state index contributed by atoms with van der Waals surface area (Å²) in [4.78, 5) is 29.1. The van der Waals surface area contributed by atoms with E-state index in [-0.39, 0.29) is 23.4 Å². The van der Waals surface area contributed by atoms with Crippen LogP contribution in [0.1, 0.15) is 78.5 Å². The maximum absolute atomic E-state index is 14.9. The summed E-state index contributed by atoms with van der Waals surface area (Å²) >= 11 is 0. The Hall–Kier alpha value is -3.88. The van der Waals surface area contributed by atoms with Gasteiger partial charge in [-0.25, -0.2) is 4.39 Å². The Morgan fingerprint density at radius 2 is 1.60 bits per heavy atom. The van der Waals surface area contributed by atoms with E-state index in [0.717, 1.165) is 37.4 Å². The van der Waals surface area contributed by atoms with Gasteiger partial charge in [-0.15, -0.1) is 0 Å². The average Bonchev–Trinajstić information content (AvgIpc) is 3.39. The van der Waals surface area contributed by atoms with E-state index >= 15 is 0 Å². The van der Waals surface area contributed by atoms with Crippen molar-refractivity contribution in [1.82, 2.24) is 4.90 Å². The highest BCUT2D eigenvalue weighted by molar-refractivity contribution is 5.98. The van der Waals surface area contributed by atoms with Crippen molar-refractivity contribution in [3.8, 4) is 0 Å². The first kappa shape index (κ1) is 28.2. The number of halogens is 4. The van der Waals surface area contributed by atoms with Gasteiger partial charge in [-0.3, -0.25) is 9.59 Å². The van der Waals surface area contributed by atoms with Crippen LogP contribution >= 0.6 is 0 Å². The predicted molar refractivity (Wildman–Crippen MR) is 155 cm³/mol. The number of likely N-dealkylation sites (tertiary alicyclic amines) is 1. The van der Waals surface area contributed by atoms with Crippen molar-refractivity contribution in [3.05, 3.63) is 94.3 Å². The number of carbonyl (C=O) groups excluding carboxylic acids is 2. The summed E-state index contributed by atoms with van der Waals surface area (Å²) in [5, 5.41) is 5.93. The SMILES string of the molecule is [2H]C1(Nc2ccc([C@H]3[C@@H](C(=O)Nc4ccc(C)c(C(F)(F)F)c4)CCCN3C(=O)c3c(C)cccc3F)cc2)CCCC1. The molecule has 2 amide bonds. The first-order valence-corrected chi connectivity index (χ1v) is 14.3. The van der Waals surface area contributed by atoms with Crippen LogP contribution in [0.4, 0.5) is 28.9 Å². The van der Waals surface area contributed by atoms with Crippen molar-refractivity contribution >= 4 is 23.2 Å². The van der Waals surface area contributed by atoms with E-state index in [9.17, 15) is 27.2 Å². The van der Waals surface area contributed by atoms with E-state index in [2.05, 4.69) is 10.6 Å². The van der Waals surface area contributed by atoms with E-state index < -0.39 is 47.3 Å². The monoisotopic (exact) mass is 582 g/mol. The number of carbonyl (C=O) groups is 2. The van der Waals surface area contributed by atoms with Crippen LogP contribution in [0.5, 0.6) is 0 Å². The van der Waals surface area contributed by atoms with Gasteiger partial charge in [0.2, 0.25) is 5.91 Å². The van der Waals surface area contributed by atoms with Gasteiger partial charge in [-0.2, -0.15) is 13.2 Å². The average molecular weight is 583 g/mol. The molecule has 1 aliphatic heterocycles. The summed E-state index contributed by atoms with van der Waals surface area (Å²) in [6, 6.07) is 13.7. The molecule has 0 spiro atoms. The van der Waals surface area contributed by atoms with Gasteiger partial charge in [0, 0.05) is 23.9 Å². The first-order valence-electron chi connectivity index (χ1n) is 14.8. The van der Waals surface area contributed by atoms with Crippen LogP contribution < -0.4 is 10.6 Å². The van der Waals surface area contributed by atoms with Gasteiger partial charge < -0.3 is 15.5 Å². The van der Waals surface area contributed by atoms with E-state index in [1.807, 2.05) is 0 Å². The number of nitrogens with zero attached hydrogens (tertiary/aromatic N) is 1. The minimum atomic E-state index is -4.58. The second kappa shape index (κ2) is 12.2. The number of nitrogens with one attached hydrogen (secondary N) is 2. The Labute approximate surface area is 244 Å². The molecule has 0 bridgehead atoms. The molecule has 2 aliphatic rings. The molecule has 5 rings (SSSR count). The molecule has 5 nitrogen and oxygen atoms in total. The third-order valence-corrected chi connectivity index (χ3v) is 8.26. The van der Waals surface area contributed by atoms with Crippen molar-refractivity contribution < 1.29 is 28.5 Å². The number of amides is 2. The van der Waals surface area contributed by atoms with Crippen molar-refractivity contribution in [2.75, 3.05) is 17.2 Å². The highest BCUT2D eigenvalue weighted by Crippen LogP contribution is 2.40. The Morgan fingerprint density at radius 1 is 0.905 bits per heavy atom. The number of hydrogen-bond donors (Lipinski definition) is 2. The molecule has 2 atom stereocenters. The van der Waals surface area contributed by atoms with Crippen LogP contribution in [-0.2, 0) is 11.0 Å². The summed E-state index contributed by atoms with van der Waals surface area (Å²) in [5.74, 6) is -2.54. The lowest BCUT2D eigenvalue weighted by Gasteiger charge is -2.41. The number of anilines is 2. The molecule has 3 aromatic rings. The van der Waals surface area contributed by atoms with E-state index in [0.29, 0.717) is 24.0 Å². The van der Waals surface area contributed by atoms with Crippen LogP contribution in [0.3, 0.4) is 0 Å². The first-order chi connectivity index (χ1) is 20.4. The standard InChI is InChI=1S/C33H35F4N3O2/c1-20-12-15-25(19-27(20)33(35,36)37)39-31(41)26-10-6-18-40(32(42)29-21(2)7-5-11-28(29)34)30(26)22-13-16-24(17-14-22)38-23-8-3-4-9-23/h5,7,11-17,19,23,26,30,38H,3-4,6,8-10,18H2,1-2H3,(H,39,41)/t26-,30-/m0/s1/i23D. The van der Waals surface area contributed by atoms with Crippen LogP contribution in [-0.4, -0.2) is 29.3 Å². The van der Waals surface area contributed by atoms with Gasteiger partial charge in [0.1, 0.15) is 5.82 Å². The molecule has 42 heavy (non-hydrogen) atoms. The molecule has 0 aromatic heterocycles. The van der Waals surface area contributed by atoms with Crippen molar-refractivity contribution in [2.45, 2.75) is 70.6 Å². The van der Waals surface area contributed by atoms with Gasteiger partial charge in [-0.05, 0) is 86.6 Å². The fourth-order valence-electron chi connectivity index (χ4n) is 6.09. The zero-order chi connectivity index (χ0) is 30.9. The second-order valence-electron chi connectivity index (χ2n) is 11.2. The topological polar surface area (TPSA) is 61.4 Å². The molecule has 1 heterocycles. The minimum Gasteiger partial charge on any atom is -0.382 e. The Morgan fingerprint density at radius 3 is 2.26 bits per heavy atom. The van der Waals surface area contributed by atoms with Gasteiger partial charge in [0.05, 0.1) is 24.5 Å². The summed E-state index contributed by atoms with van der Waals surface area (Å²) in [7, 11) is 0. The summed E-state index contributed by atoms with van der Waals surface area (Å²) in [6.45, 7) is 3.28. The van der Waals surface area contributed by atoms with Crippen LogP contribution in [0.15, 0.2) is 60.7 Å². The fraction of sp³-hybridized carbons (Fsp3) is 0.394. The number of aryl methyl sites for hydroxylation is 2. The molecule has 1 aliphatic carbocycles. The van der Waals surface area contributed by atoms with E-state index in [4.69, 9.17) is 1.37 Å². The molecule has 3 aromatic carbocycles. The van der Waals surface area contributed by atoms with Gasteiger partial charge in [0.25, 0.3) is 5.91 Å². The van der Waals surface area contributed by atoms with Crippen molar-refractivity contribution in [3.63, 3.8) is 0 Å². The molecule has 1 saturated carbocycles. The lowest BCUT2D eigenvalue weighted by molar-refractivity contribution is -0.138. The third-order valence-electron chi connectivity index (χ3n) is 8.26. The van der Waals surface area contributed by atoms with E-state index in [1.54, 1.807) is 37.3 Å². The number of hydrogen-bond acceptors (Lipinski definition) is 3. The van der Waals surface area contributed by atoms with Crippen LogP contribution in [0, 0.1) is 25.6 Å². The van der Waals surface area contributed by atoms with Gasteiger partial charge in [0.15, 0.2) is 0 Å². The summed E-state index contributed by atoms with van der Waals surface area (Å²) in [6.07, 6.45) is -0.319. The molecule has 222 valence electrons.